The third-order valence-electron chi connectivity index (χ3n) is 3.66. The fourth-order valence-electron chi connectivity index (χ4n) is 2.79. The topological polar surface area (TPSA) is 41.1 Å². The van der Waals surface area contributed by atoms with Crippen molar-refractivity contribution in [3.63, 3.8) is 0 Å². The number of rotatable bonds is 2. The molecule has 0 aromatic rings. The van der Waals surface area contributed by atoms with Crippen LogP contribution in [0.15, 0.2) is 0 Å². The molecule has 0 aliphatic carbocycles. The molecule has 0 amide bonds. The summed E-state index contributed by atoms with van der Waals surface area (Å²) in [7, 11) is 0. The van der Waals surface area contributed by atoms with Crippen LogP contribution < -0.4 is 10.6 Å². The molecule has 3 nitrogen and oxygen atoms in total. The van der Waals surface area contributed by atoms with Crippen molar-refractivity contribution in [3.8, 4) is 0 Å². The Bertz CT molecular complexity index is 190. The van der Waals surface area contributed by atoms with E-state index in [1.54, 1.807) is 0 Å². The molecule has 2 saturated heterocycles. The van der Waals surface area contributed by atoms with E-state index in [1.165, 1.54) is 12.8 Å². The molecule has 0 saturated carbocycles. The molecule has 0 aromatic carbocycles. The van der Waals surface area contributed by atoms with Crippen LogP contribution in [-0.4, -0.2) is 32.5 Å². The summed E-state index contributed by atoms with van der Waals surface area (Å²) in [6.07, 6.45) is 4.82. The SMILES string of the molecule is O=CC1CNCC(C2CCNCC2)C1. The van der Waals surface area contributed by atoms with E-state index >= 15 is 0 Å². The predicted octanol–water partition coefficient (Wildman–Crippen LogP) is 0.411. The third-order valence-corrected chi connectivity index (χ3v) is 3.66. The van der Waals surface area contributed by atoms with E-state index in [0.29, 0.717) is 0 Å². The smallest absolute Gasteiger partial charge is 0.124 e. The fourth-order valence-corrected chi connectivity index (χ4v) is 2.79. The Labute approximate surface area is 85.6 Å². The highest BCUT2D eigenvalue weighted by atomic mass is 16.1. The van der Waals surface area contributed by atoms with Gasteiger partial charge in [0.05, 0.1) is 0 Å². The van der Waals surface area contributed by atoms with Crippen LogP contribution in [0.1, 0.15) is 19.3 Å². The van der Waals surface area contributed by atoms with Crippen molar-refractivity contribution in [1.82, 2.24) is 10.6 Å². The minimum atomic E-state index is 0.267. The lowest BCUT2D eigenvalue weighted by molar-refractivity contribution is -0.112. The van der Waals surface area contributed by atoms with Gasteiger partial charge in [0, 0.05) is 12.5 Å². The molecule has 0 radical (unpaired) electrons. The standard InChI is InChI=1S/C11H20N2O/c14-8-9-5-11(7-13-6-9)10-1-3-12-4-2-10/h8-13H,1-7H2. The van der Waals surface area contributed by atoms with E-state index in [1.807, 2.05) is 0 Å². The van der Waals surface area contributed by atoms with Gasteiger partial charge in [-0.2, -0.15) is 0 Å². The fraction of sp³-hybridized carbons (Fsp3) is 0.909. The zero-order valence-corrected chi connectivity index (χ0v) is 8.67. The van der Waals surface area contributed by atoms with Crippen LogP contribution >= 0.6 is 0 Å². The maximum Gasteiger partial charge on any atom is 0.124 e. The van der Waals surface area contributed by atoms with Crippen LogP contribution in [0.25, 0.3) is 0 Å². The van der Waals surface area contributed by atoms with E-state index in [-0.39, 0.29) is 5.92 Å². The lowest BCUT2D eigenvalue weighted by Gasteiger charge is -2.35. The summed E-state index contributed by atoms with van der Waals surface area (Å²) in [5.41, 5.74) is 0. The summed E-state index contributed by atoms with van der Waals surface area (Å²) >= 11 is 0. The average molecular weight is 196 g/mol. The van der Waals surface area contributed by atoms with Gasteiger partial charge in [-0.15, -0.1) is 0 Å². The first kappa shape index (κ1) is 10.1. The quantitative estimate of drug-likeness (QED) is 0.629. The minimum absolute atomic E-state index is 0.267. The second kappa shape index (κ2) is 4.89. The average Bonchev–Trinajstić information content (AvgIpc) is 2.30. The minimum Gasteiger partial charge on any atom is -0.317 e. The Morgan fingerprint density at radius 2 is 1.79 bits per heavy atom. The van der Waals surface area contributed by atoms with Crippen molar-refractivity contribution in [3.05, 3.63) is 0 Å². The molecule has 2 atom stereocenters. The van der Waals surface area contributed by atoms with Crippen LogP contribution in [0, 0.1) is 17.8 Å². The molecule has 2 N–H and O–H groups in total. The number of carbonyl (C=O) groups is 1. The van der Waals surface area contributed by atoms with Crippen LogP contribution in [0.5, 0.6) is 0 Å². The molecule has 2 fully saturated rings. The first-order chi connectivity index (χ1) is 6.90. The van der Waals surface area contributed by atoms with Gasteiger partial charge in [0.25, 0.3) is 0 Å². The van der Waals surface area contributed by atoms with E-state index in [0.717, 1.165) is 50.7 Å². The highest BCUT2D eigenvalue weighted by Gasteiger charge is 2.28. The second-order valence-corrected chi connectivity index (χ2v) is 4.64. The van der Waals surface area contributed by atoms with Crippen LogP contribution in [0.3, 0.4) is 0 Å². The molecular weight excluding hydrogens is 176 g/mol. The monoisotopic (exact) mass is 196 g/mol. The molecule has 2 unspecified atom stereocenters. The molecule has 2 aliphatic rings. The van der Waals surface area contributed by atoms with Gasteiger partial charge in [0.15, 0.2) is 0 Å². The number of hydrogen-bond donors (Lipinski definition) is 2. The summed E-state index contributed by atoms with van der Waals surface area (Å²) in [6.45, 7) is 4.33. The number of hydrogen-bond acceptors (Lipinski definition) is 3. The summed E-state index contributed by atoms with van der Waals surface area (Å²) in [5, 5.41) is 6.77. The molecule has 3 heteroatoms. The van der Waals surface area contributed by atoms with Crippen LogP contribution in [0.4, 0.5) is 0 Å². The molecule has 14 heavy (non-hydrogen) atoms. The first-order valence-corrected chi connectivity index (χ1v) is 5.77. The predicted molar refractivity (Wildman–Crippen MR) is 56.1 cm³/mol. The first-order valence-electron chi connectivity index (χ1n) is 5.77. The molecule has 80 valence electrons. The maximum absolute atomic E-state index is 10.7. The van der Waals surface area contributed by atoms with Gasteiger partial charge in [-0.25, -0.2) is 0 Å². The molecule has 2 rings (SSSR count). The highest BCUT2D eigenvalue weighted by molar-refractivity contribution is 5.54. The third kappa shape index (κ3) is 2.34. The molecule has 2 heterocycles. The van der Waals surface area contributed by atoms with Gasteiger partial charge in [-0.05, 0) is 50.7 Å². The van der Waals surface area contributed by atoms with Gasteiger partial charge in [-0.3, -0.25) is 0 Å². The van der Waals surface area contributed by atoms with E-state index in [2.05, 4.69) is 10.6 Å². The normalized spacial score (nSPS) is 35.4. The summed E-state index contributed by atoms with van der Waals surface area (Å²) in [5.74, 6) is 1.84. The Kier molecular flexibility index (Phi) is 3.54. The van der Waals surface area contributed by atoms with Crippen LogP contribution in [-0.2, 0) is 4.79 Å². The number of carbonyl (C=O) groups excluding carboxylic acids is 1. The Hall–Kier alpha value is -0.410. The molecule has 2 aliphatic heterocycles. The van der Waals surface area contributed by atoms with E-state index < -0.39 is 0 Å². The number of piperidine rings is 2. The Balaban J connectivity index is 1.86. The lowest BCUT2D eigenvalue weighted by atomic mass is 9.78. The largest absolute Gasteiger partial charge is 0.317 e. The maximum atomic E-state index is 10.7. The zero-order valence-electron chi connectivity index (χ0n) is 8.67. The van der Waals surface area contributed by atoms with Crippen LogP contribution in [0.2, 0.25) is 0 Å². The Morgan fingerprint density at radius 3 is 2.50 bits per heavy atom. The van der Waals surface area contributed by atoms with Gasteiger partial charge in [-0.1, -0.05) is 0 Å². The molecule has 0 bridgehead atoms. The molecule has 0 spiro atoms. The van der Waals surface area contributed by atoms with Crippen molar-refractivity contribution >= 4 is 6.29 Å². The highest BCUT2D eigenvalue weighted by Crippen LogP contribution is 2.28. The van der Waals surface area contributed by atoms with E-state index in [9.17, 15) is 4.79 Å². The summed E-state index contributed by atoms with van der Waals surface area (Å²) in [4.78, 5) is 10.7. The van der Waals surface area contributed by atoms with Crippen molar-refractivity contribution in [1.29, 1.82) is 0 Å². The van der Waals surface area contributed by atoms with Crippen molar-refractivity contribution in [2.75, 3.05) is 26.2 Å². The van der Waals surface area contributed by atoms with Gasteiger partial charge in [0.1, 0.15) is 6.29 Å². The second-order valence-electron chi connectivity index (χ2n) is 4.64. The zero-order chi connectivity index (χ0) is 9.80. The molecule has 0 aromatic heterocycles. The van der Waals surface area contributed by atoms with Crippen molar-refractivity contribution < 1.29 is 4.79 Å². The van der Waals surface area contributed by atoms with Crippen molar-refractivity contribution in [2.45, 2.75) is 19.3 Å². The van der Waals surface area contributed by atoms with Gasteiger partial charge >= 0.3 is 0 Å². The van der Waals surface area contributed by atoms with Gasteiger partial charge in [0.2, 0.25) is 0 Å². The van der Waals surface area contributed by atoms with Gasteiger partial charge < -0.3 is 15.4 Å². The number of aldehydes is 1. The van der Waals surface area contributed by atoms with Crippen molar-refractivity contribution in [2.24, 2.45) is 17.8 Å². The molecular formula is C11H20N2O. The van der Waals surface area contributed by atoms with E-state index in [4.69, 9.17) is 0 Å². The Morgan fingerprint density at radius 1 is 1.00 bits per heavy atom. The summed E-state index contributed by atoms with van der Waals surface area (Å²) < 4.78 is 0. The summed E-state index contributed by atoms with van der Waals surface area (Å²) in [6, 6.07) is 0. The number of nitrogens with one attached hydrogen (secondary N) is 2. The lowest BCUT2D eigenvalue weighted by Crippen LogP contribution is -2.42.